The first-order valence-corrected chi connectivity index (χ1v) is 8.51. The highest BCUT2D eigenvalue weighted by molar-refractivity contribution is 5.91. The molecule has 0 amide bonds. The lowest BCUT2D eigenvalue weighted by Crippen LogP contribution is -2.23. The van der Waals surface area contributed by atoms with Crippen LogP contribution in [0.4, 0.5) is 5.82 Å². The van der Waals surface area contributed by atoms with Crippen molar-refractivity contribution < 1.29 is 14.5 Å². The molecule has 0 bridgehead atoms. The highest BCUT2D eigenvalue weighted by Crippen LogP contribution is 2.34. The summed E-state index contributed by atoms with van der Waals surface area (Å²) in [7, 11) is 0. The Bertz CT molecular complexity index is 924. The Balaban J connectivity index is 1.76. The van der Waals surface area contributed by atoms with Gasteiger partial charge in [0.25, 0.3) is 0 Å². The van der Waals surface area contributed by atoms with E-state index in [0.29, 0.717) is 11.5 Å². The minimum Gasteiger partial charge on any atom is -0.543 e. The maximum Gasteiger partial charge on any atom is 0.243 e. The van der Waals surface area contributed by atoms with Crippen molar-refractivity contribution in [3.63, 3.8) is 0 Å². The maximum atomic E-state index is 11.5. The summed E-state index contributed by atoms with van der Waals surface area (Å²) >= 11 is 0. The van der Waals surface area contributed by atoms with Gasteiger partial charge in [-0.05, 0) is 34.6 Å². The Hall–Kier alpha value is -3.23. The SMILES string of the molecule is Nc1nonc1-n1nnc(C(=O)[O-])c1-c1ccc(C2CCCCC2)cc1. The van der Waals surface area contributed by atoms with E-state index in [1.54, 1.807) is 0 Å². The lowest BCUT2D eigenvalue weighted by atomic mass is 9.84. The molecule has 0 radical (unpaired) electrons. The summed E-state index contributed by atoms with van der Waals surface area (Å²) in [5, 5.41) is 26.1. The van der Waals surface area contributed by atoms with E-state index in [4.69, 9.17) is 5.73 Å². The molecule has 0 atom stereocenters. The van der Waals surface area contributed by atoms with Crippen molar-refractivity contribution in [2.24, 2.45) is 0 Å². The van der Waals surface area contributed by atoms with Crippen LogP contribution in [0.5, 0.6) is 0 Å². The number of aromatic nitrogens is 5. The topological polar surface area (TPSA) is 136 Å². The van der Waals surface area contributed by atoms with Gasteiger partial charge in [-0.3, -0.25) is 0 Å². The first kappa shape index (κ1) is 16.2. The van der Waals surface area contributed by atoms with E-state index < -0.39 is 5.97 Å². The highest BCUT2D eigenvalue weighted by atomic mass is 16.6. The second-order valence-corrected chi connectivity index (χ2v) is 6.42. The molecule has 26 heavy (non-hydrogen) atoms. The van der Waals surface area contributed by atoms with E-state index in [0.717, 1.165) is 0 Å². The summed E-state index contributed by atoms with van der Waals surface area (Å²) in [4.78, 5) is 11.5. The Morgan fingerprint density at radius 2 is 1.88 bits per heavy atom. The number of anilines is 1. The second kappa shape index (κ2) is 6.58. The van der Waals surface area contributed by atoms with Gasteiger partial charge >= 0.3 is 0 Å². The van der Waals surface area contributed by atoms with Crippen molar-refractivity contribution in [3.05, 3.63) is 35.5 Å². The molecular formula is C17H17N6O3-. The van der Waals surface area contributed by atoms with Crippen LogP contribution < -0.4 is 10.8 Å². The fourth-order valence-corrected chi connectivity index (χ4v) is 3.51. The van der Waals surface area contributed by atoms with Crippen LogP contribution in [-0.2, 0) is 0 Å². The van der Waals surface area contributed by atoms with Gasteiger partial charge in [0.05, 0.1) is 5.97 Å². The zero-order valence-corrected chi connectivity index (χ0v) is 14.0. The minimum atomic E-state index is -1.43. The number of carbonyl (C=O) groups is 1. The number of benzene rings is 1. The number of carbonyl (C=O) groups excluding carboxylic acids is 1. The molecule has 0 unspecified atom stereocenters. The molecule has 0 saturated heterocycles. The molecule has 2 N–H and O–H groups in total. The lowest BCUT2D eigenvalue weighted by molar-refractivity contribution is -0.255. The van der Waals surface area contributed by atoms with Crippen LogP contribution in [0, 0.1) is 0 Å². The summed E-state index contributed by atoms with van der Waals surface area (Å²) in [5.41, 5.74) is 7.51. The van der Waals surface area contributed by atoms with Crippen molar-refractivity contribution in [2.45, 2.75) is 38.0 Å². The van der Waals surface area contributed by atoms with Crippen LogP contribution in [0.25, 0.3) is 17.1 Å². The number of hydrogen-bond donors (Lipinski definition) is 1. The normalized spacial score (nSPS) is 15.2. The van der Waals surface area contributed by atoms with E-state index in [9.17, 15) is 9.90 Å². The molecule has 4 rings (SSSR count). The first-order valence-electron chi connectivity index (χ1n) is 8.51. The smallest absolute Gasteiger partial charge is 0.243 e. The molecule has 1 fully saturated rings. The highest BCUT2D eigenvalue weighted by Gasteiger charge is 2.22. The van der Waals surface area contributed by atoms with Crippen LogP contribution in [-0.4, -0.2) is 31.3 Å². The van der Waals surface area contributed by atoms with Gasteiger partial charge < -0.3 is 15.6 Å². The van der Waals surface area contributed by atoms with Crippen molar-refractivity contribution in [1.82, 2.24) is 25.3 Å². The van der Waals surface area contributed by atoms with Gasteiger partial charge in [-0.1, -0.05) is 48.7 Å². The largest absolute Gasteiger partial charge is 0.543 e. The molecule has 1 aliphatic rings. The molecule has 1 aromatic carbocycles. The fourth-order valence-electron chi connectivity index (χ4n) is 3.51. The second-order valence-electron chi connectivity index (χ2n) is 6.42. The van der Waals surface area contributed by atoms with Crippen molar-refractivity contribution in [3.8, 4) is 17.1 Å². The number of hydrogen-bond acceptors (Lipinski definition) is 8. The van der Waals surface area contributed by atoms with Gasteiger partial charge in [0.15, 0.2) is 0 Å². The Morgan fingerprint density at radius 1 is 1.15 bits per heavy atom. The molecule has 0 spiro atoms. The van der Waals surface area contributed by atoms with Crippen molar-refractivity contribution in [2.75, 3.05) is 5.73 Å². The van der Waals surface area contributed by atoms with Gasteiger partial charge in [-0.25, -0.2) is 4.63 Å². The number of nitrogens with zero attached hydrogens (tertiary/aromatic N) is 5. The third-order valence-corrected chi connectivity index (χ3v) is 4.82. The van der Waals surface area contributed by atoms with Gasteiger partial charge in [0.2, 0.25) is 11.6 Å². The van der Waals surface area contributed by atoms with Crippen molar-refractivity contribution in [1.29, 1.82) is 0 Å². The predicted molar refractivity (Wildman–Crippen MR) is 89.2 cm³/mol. The van der Waals surface area contributed by atoms with E-state index in [-0.39, 0.29) is 23.0 Å². The van der Waals surface area contributed by atoms with Crippen LogP contribution in [0.15, 0.2) is 28.9 Å². The summed E-state index contributed by atoms with van der Waals surface area (Å²) < 4.78 is 5.78. The molecule has 9 heteroatoms. The molecule has 3 aromatic rings. The Labute approximate surface area is 148 Å². The molecular weight excluding hydrogens is 336 g/mol. The summed E-state index contributed by atoms with van der Waals surface area (Å²) in [6.45, 7) is 0. The zero-order valence-electron chi connectivity index (χ0n) is 14.0. The Morgan fingerprint density at radius 3 is 2.50 bits per heavy atom. The lowest BCUT2D eigenvalue weighted by Gasteiger charge is -2.22. The molecule has 9 nitrogen and oxygen atoms in total. The third kappa shape index (κ3) is 2.81. The average Bonchev–Trinajstić information content (AvgIpc) is 3.28. The molecule has 2 heterocycles. The number of carboxylic acids is 1. The average molecular weight is 353 g/mol. The van der Waals surface area contributed by atoms with Crippen LogP contribution in [0.2, 0.25) is 0 Å². The number of nitrogen functional groups attached to an aromatic ring is 1. The summed E-state index contributed by atoms with van der Waals surface area (Å²) in [5.74, 6) is -0.814. The standard InChI is InChI=1S/C17H18N6O3/c18-15-16(21-26-20-15)23-14(13(17(24)25)19-22-23)12-8-6-11(7-9-12)10-4-2-1-3-5-10/h6-10H,1-5H2,(H2,18,20)(H,24,25)/p-1. The fraction of sp³-hybridized carbons (Fsp3) is 0.353. The molecule has 1 saturated carbocycles. The summed E-state index contributed by atoms with van der Waals surface area (Å²) in [6, 6.07) is 7.75. The van der Waals surface area contributed by atoms with Crippen LogP contribution in [0.1, 0.15) is 54.1 Å². The maximum absolute atomic E-state index is 11.5. The number of rotatable bonds is 4. The van der Waals surface area contributed by atoms with E-state index in [1.165, 1.54) is 42.3 Å². The minimum absolute atomic E-state index is 0.0140. The van der Waals surface area contributed by atoms with Crippen molar-refractivity contribution >= 4 is 11.8 Å². The van der Waals surface area contributed by atoms with E-state index in [2.05, 4.69) is 25.3 Å². The monoisotopic (exact) mass is 353 g/mol. The number of carboxylic acid groups (broad SMARTS) is 1. The molecule has 2 aromatic heterocycles. The first-order chi connectivity index (χ1) is 12.6. The third-order valence-electron chi connectivity index (χ3n) is 4.82. The van der Waals surface area contributed by atoms with Gasteiger partial charge in [0, 0.05) is 5.56 Å². The molecule has 0 aliphatic heterocycles. The number of nitrogens with two attached hydrogens (primary N) is 1. The van der Waals surface area contributed by atoms with Crippen LogP contribution >= 0.6 is 0 Å². The predicted octanol–water partition coefficient (Wildman–Crippen LogP) is 1.31. The van der Waals surface area contributed by atoms with E-state index in [1.807, 2.05) is 24.3 Å². The van der Waals surface area contributed by atoms with Gasteiger partial charge in [-0.15, -0.1) is 5.10 Å². The summed E-state index contributed by atoms with van der Waals surface area (Å²) in [6.07, 6.45) is 6.16. The molecule has 1 aliphatic carbocycles. The van der Waals surface area contributed by atoms with E-state index >= 15 is 0 Å². The Kier molecular flexibility index (Phi) is 4.11. The van der Waals surface area contributed by atoms with Gasteiger partial charge in [0.1, 0.15) is 11.4 Å². The number of aromatic carboxylic acids is 1. The quantitative estimate of drug-likeness (QED) is 0.741. The molecule has 134 valence electrons. The van der Waals surface area contributed by atoms with Gasteiger partial charge in [-0.2, -0.15) is 4.68 Å². The zero-order chi connectivity index (χ0) is 18.1. The van der Waals surface area contributed by atoms with Crippen LogP contribution in [0.3, 0.4) is 0 Å².